The van der Waals surface area contributed by atoms with Crippen molar-refractivity contribution in [3.63, 3.8) is 0 Å². The van der Waals surface area contributed by atoms with Crippen LogP contribution in [0, 0.1) is 0 Å². The van der Waals surface area contributed by atoms with Gasteiger partial charge in [-0.15, -0.1) is 5.10 Å². The highest BCUT2D eigenvalue weighted by atomic mass is 32.2. The third-order valence-electron chi connectivity index (χ3n) is 1.70. The monoisotopic (exact) mass is 236 g/mol. The van der Waals surface area contributed by atoms with Gasteiger partial charge in [-0.25, -0.2) is 8.42 Å². The number of hydrogen-bond acceptors (Lipinski definition) is 6. The molecule has 1 rings (SSSR count). The van der Waals surface area contributed by atoms with Crippen molar-refractivity contribution in [1.82, 2.24) is 9.59 Å². The number of nitrogens with zero attached hydrogens (tertiary/aromatic N) is 2. The number of hydrogen-bond donors (Lipinski definition) is 1. The van der Waals surface area contributed by atoms with Crippen molar-refractivity contribution in [2.75, 3.05) is 12.0 Å². The molecule has 0 fully saturated rings. The van der Waals surface area contributed by atoms with Gasteiger partial charge in [0.1, 0.15) is 9.84 Å². The molecule has 0 radical (unpaired) electrons. The van der Waals surface area contributed by atoms with Crippen molar-refractivity contribution in [2.45, 2.75) is 18.9 Å². The Hall–Kier alpha value is -0.530. The van der Waals surface area contributed by atoms with Crippen molar-refractivity contribution < 1.29 is 13.5 Å². The second-order valence-electron chi connectivity index (χ2n) is 3.11. The molecule has 0 saturated heterocycles. The van der Waals surface area contributed by atoms with Crippen LogP contribution in [0.3, 0.4) is 0 Å². The van der Waals surface area contributed by atoms with Crippen LogP contribution in [-0.4, -0.2) is 35.1 Å². The van der Waals surface area contributed by atoms with Crippen LogP contribution in [0.4, 0.5) is 0 Å². The van der Waals surface area contributed by atoms with Crippen molar-refractivity contribution in [2.24, 2.45) is 0 Å². The molecule has 1 atom stereocenters. The predicted octanol–water partition coefficient (Wildman–Crippen LogP) is 0.396. The summed E-state index contributed by atoms with van der Waals surface area (Å²) in [6.07, 6.45) is 2.93. The largest absolute Gasteiger partial charge is 0.387 e. The van der Waals surface area contributed by atoms with Crippen LogP contribution in [0.15, 0.2) is 6.20 Å². The van der Waals surface area contributed by atoms with Gasteiger partial charge in [0.15, 0.2) is 0 Å². The lowest BCUT2D eigenvalue weighted by Gasteiger charge is -2.05. The van der Waals surface area contributed by atoms with Crippen LogP contribution in [0.5, 0.6) is 0 Å². The van der Waals surface area contributed by atoms with Crippen LogP contribution in [-0.2, 0) is 9.84 Å². The predicted molar refractivity (Wildman–Crippen MR) is 53.8 cm³/mol. The Morgan fingerprint density at radius 1 is 1.64 bits per heavy atom. The zero-order chi connectivity index (χ0) is 10.6. The first kappa shape index (κ1) is 11.5. The van der Waals surface area contributed by atoms with Gasteiger partial charge in [-0.2, -0.15) is 0 Å². The Labute approximate surface area is 86.9 Å². The molecule has 1 heterocycles. The average molecular weight is 236 g/mol. The molecule has 0 amide bonds. The van der Waals surface area contributed by atoms with E-state index in [4.69, 9.17) is 0 Å². The quantitative estimate of drug-likeness (QED) is 0.800. The Kier molecular flexibility index (Phi) is 3.97. The number of aliphatic hydroxyl groups is 1. The van der Waals surface area contributed by atoms with Crippen molar-refractivity contribution in [1.29, 1.82) is 0 Å². The normalized spacial score (nSPS) is 14.1. The molecule has 1 aromatic heterocycles. The summed E-state index contributed by atoms with van der Waals surface area (Å²) >= 11 is 1.13. The molecule has 0 spiro atoms. The molecular formula is C7H12N2O3S2. The van der Waals surface area contributed by atoms with E-state index in [1.807, 2.05) is 0 Å². The lowest BCUT2D eigenvalue weighted by Crippen LogP contribution is -2.05. The zero-order valence-corrected chi connectivity index (χ0v) is 9.38. The van der Waals surface area contributed by atoms with Gasteiger partial charge in [0, 0.05) is 12.0 Å². The summed E-state index contributed by atoms with van der Waals surface area (Å²) in [6.45, 7) is 0. The van der Waals surface area contributed by atoms with Gasteiger partial charge in [0.2, 0.25) is 0 Å². The fourth-order valence-corrected chi connectivity index (χ4v) is 2.22. The van der Waals surface area contributed by atoms with Gasteiger partial charge < -0.3 is 5.11 Å². The summed E-state index contributed by atoms with van der Waals surface area (Å²) in [5, 5.41) is 13.1. The third kappa shape index (κ3) is 4.12. The molecule has 0 aliphatic heterocycles. The van der Waals surface area contributed by atoms with E-state index < -0.39 is 15.9 Å². The lowest BCUT2D eigenvalue weighted by molar-refractivity contribution is 0.170. The first-order valence-corrected chi connectivity index (χ1v) is 6.95. The summed E-state index contributed by atoms with van der Waals surface area (Å²) < 4.78 is 25.2. The molecule has 0 aromatic carbocycles. The van der Waals surface area contributed by atoms with Gasteiger partial charge >= 0.3 is 0 Å². The fraction of sp³-hybridized carbons (Fsp3) is 0.714. The minimum Gasteiger partial charge on any atom is -0.387 e. The molecule has 0 aliphatic rings. The Morgan fingerprint density at radius 2 is 2.36 bits per heavy atom. The van der Waals surface area contributed by atoms with E-state index in [-0.39, 0.29) is 5.75 Å². The highest BCUT2D eigenvalue weighted by molar-refractivity contribution is 7.90. The van der Waals surface area contributed by atoms with Crippen LogP contribution < -0.4 is 0 Å². The molecular weight excluding hydrogens is 224 g/mol. The number of rotatable bonds is 5. The van der Waals surface area contributed by atoms with E-state index in [0.29, 0.717) is 17.7 Å². The molecule has 14 heavy (non-hydrogen) atoms. The maximum Gasteiger partial charge on any atom is 0.147 e. The van der Waals surface area contributed by atoms with Gasteiger partial charge in [-0.3, -0.25) is 0 Å². The molecule has 0 bridgehead atoms. The van der Waals surface area contributed by atoms with Crippen LogP contribution in [0.2, 0.25) is 0 Å². The van der Waals surface area contributed by atoms with E-state index in [9.17, 15) is 13.5 Å². The summed E-state index contributed by atoms with van der Waals surface area (Å²) in [6, 6.07) is 0. The number of aromatic nitrogens is 2. The maximum atomic E-state index is 10.8. The summed E-state index contributed by atoms with van der Waals surface area (Å²) in [7, 11) is -2.93. The maximum absolute atomic E-state index is 10.8. The highest BCUT2D eigenvalue weighted by Gasteiger charge is 2.11. The summed E-state index contributed by atoms with van der Waals surface area (Å²) in [5.74, 6) is 0.107. The van der Waals surface area contributed by atoms with Crippen LogP contribution in [0.1, 0.15) is 23.8 Å². The van der Waals surface area contributed by atoms with E-state index in [1.54, 1.807) is 0 Å². The van der Waals surface area contributed by atoms with Gasteiger partial charge in [-0.05, 0) is 24.4 Å². The minimum absolute atomic E-state index is 0.107. The molecule has 1 N–H and O–H groups in total. The number of sulfone groups is 1. The highest BCUT2D eigenvalue weighted by Crippen LogP contribution is 2.19. The molecule has 1 unspecified atom stereocenters. The minimum atomic E-state index is -2.93. The Morgan fingerprint density at radius 3 is 2.86 bits per heavy atom. The average Bonchev–Trinajstić information content (AvgIpc) is 2.53. The van der Waals surface area contributed by atoms with Crippen molar-refractivity contribution in [3.8, 4) is 0 Å². The summed E-state index contributed by atoms with van der Waals surface area (Å²) in [5.41, 5.74) is 0. The number of aliphatic hydroxyl groups excluding tert-OH is 1. The third-order valence-corrected chi connectivity index (χ3v) is 3.49. The second kappa shape index (κ2) is 4.81. The fourth-order valence-electron chi connectivity index (χ4n) is 1.00. The van der Waals surface area contributed by atoms with Crippen LogP contribution >= 0.6 is 11.5 Å². The molecule has 7 heteroatoms. The molecule has 0 saturated carbocycles. The molecule has 5 nitrogen and oxygen atoms in total. The van der Waals surface area contributed by atoms with E-state index in [0.717, 1.165) is 11.5 Å². The Bertz CT molecular complexity index is 360. The first-order chi connectivity index (χ1) is 6.49. The van der Waals surface area contributed by atoms with E-state index >= 15 is 0 Å². The molecule has 80 valence electrons. The molecule has 1 aromatic rings. The zero-order valence-electron chi connectivity index (χ0n) is 7.75. The lowest BCUT2D eigenvalue weighted by atomic mass is 10.2. The Balaban J connectivity index is 2.33. The van der Waals surface area contributed by atoms with E-state index in [2.05, 4.69) is 9.59 Å². The molecule has 0 aliphatic carbocycles. The van der Waals surface area contributed by atoms with Crippen molar-refractivity contribution in [3.05, 3.63) is 11.1 Å². The smallest absolute Gasteiger partial charge is 0.147 e. The standard InChI is InChI=1S/C7H12N2O3S2/c1-14(11,12)4-2-3-6(10)7-5-8-9-13-7/h5-6,10H,2-4H2,1H3. The van der Waals surface area contributed by atoms with Crippen LogP contribution in [0.25, 0.3) is 0 Å². The van der Waals surface area contributed by atoms with Crippen molar-refractivity contribution >= 4 is 21.4 Å². The SMILES string of the molecule is CS(=O)(=O)CCCC(O)c1cnns1. The van der Waals surface area contributed by atoms with E-state index in [1.165, 1.54) is 12.5 Å². The summed E-state index contributed by atoms with van der Waals surface area (Å²) in [4.78, 5) is 0.679. The van der Waals surface area contributed by atoms with Gasteiger partial charge in [0.05, 0.1) is 17.2 Å². The van der Waals surface area contributed by atoms with Gasteiger partial charge in [0.25, 0.3) is 0 Å². The second-order valence-corrected chi connectivity index (χ2v) is 6.18. The topological polar surface area (TPSA) is 80.2 Å². The first-order valence-electron chi connectivity index (χ1n) is 4.12. The van der Waals surface area contributed by atoms with Gasteiger partial charge in [-0.1, -0.05) is 4.49 Å².